The molecule has 6 N–H and O–H groups in total. The number of nitrogens with one attached hydrogen (secondary N) is 4. The average molecular weight is 646 g/mol. The number of pyridine rings is 1. The molecule has 1 aliphatic heterocycles. The number of rotatable bonds is 10. The van der Waals surface area contributed by atoms with Crippen molar-refractivity contribution in [2.75, 3.05) is 25.0 Å². The number of nitrogens with zero attached hydrogens (tertiary/aromatic N) is 2. The van der Waals surface area contributed by atoms with Gasteiger partial charge in [-0.15, -0.1) is 0 Å². The molecule has 6 rings (SSSR count). The molecule has 3 amide bonds. The second kappa shape index (κ2) is 13.2. The van der Waals surface area contributed by atoms with Crippen LogP contribution in [-0.4, -0.2) is 57.2 Å². The Hall–Kier alpha value is -5.71. The van der Waals surface area contributed by atoms with Crippen LogP contribution in [0, 0.1) is 20.8 Å². The number of benzene rings is 3. The summed E-state index contributed by atoms with van der Waals surface area (Å²) in [5.74, 6) is 0.0430. The third-order valence-electron chi connectivity index (χ3n) is 9.00. The third kappa shape index (κ3) is 6.44. The summed E-state index contributed by atoms with van der Waals surface area (Å²) in [6.07, 6.45) is 0.265. The maximum atomic E-state index is 13.4. The number of anilines is 1. The van der Waals surface area contributed by atoms with Crippen molar-refractivity contribution in [2.45, 2.75) is 46.6 Å². The second-order valence-electron chi connectivity index (χ2n) is 12.4. The number of likely N-dealkylation sites (tertiary alicyclic amines) is 1. The number of amides is 3. The number of hydrogen-bond acceptors (Lipinski definition) is 6. The van der Waals surface area contributed by atoms with E-state index in [1.807, 2.05) is 76.2 Å². The average Bonchev–Trinajstić information content (AvgIpc) is 3.45. The molecule has 246 valence electrons. The van der Waals surface area contributed by atoms with Crippen molar-refractivity contribution in [3.8, 4) is 11.1 Å². The van der Waals surface area contributed by atoms with Gasteiger partial charge in [0.05, 0.1) is 23.4 Å². The normalized spacial score (nSPS) is 13.0. The highest BCUT2D eigenvalue weighted by atomic mass is 16.2. The maximum absolute atomic E-state index is 13.4. The van der Waals surface area contributed by atoms with Gasteiger partial charge in [0.15, 0.2) is 0 Å². The largest absolute Gasteiger partial charge is 0.385 e. The summed E-state index contributed by atoms with van der Waals surface area (Å²) in [7, 11) is 0. The molecule has 0 bridgehead atoms. The lowest BCUT2D eigenvalue weighted by molar-refractivity contribution is -0.135. The van der Waals surface area contributed by atoms with E-state index in [4.69, 9.17) is 5.73 Å². The van der Waals surface area contributed by atoms with Crippen LogP contribution in [0.2, 0.25) is 0 Å². The monoisotopic (exact) mass is 645 g/mol. The van der Waals surface area contributed by atoms with Crippen molar-refractivity contribution in [3.63, 3.8) is 0 Å². The van der Waals surface area contributed by atoms with Gasteiger partial charge in [-0.25, -0.2) is 4.98 Å². The van der Waals surface area contributed by atoms with Crippen LogP contribution in [0.3, 0.4) is 0 Å². The standard InChI is InChI=1S/C37H39N7O4/c1-5-39-31-16-25(15-28(22(31)4)36(47)40-17-29-20(2)13-21(3)41-37(29)48)24-11-9-23(10-12-24)14-32(45)44-18-26(19-44)35-42-30-8-6-7-27(34(38)46)33(30)43-35/h6-13,15-16,26,39H,5,14,17-19H2,1-4H3,(H2,38,46)(H,40,47)(H,41,48)(H,42,43). The minimum Gasteiger partial charge on any atom is -0.385 e. The first kappa shape index (κ1) is 32.2. The molecule has 48 heavy (non-hydrogen) atoms. The third-order valence-corrected chi connectivity index (χ3v) is 9.00. The van der Waals surface area contributed by atoms with Gasteiger partial charge in [0.25, 0.3) is 17.4 Å². The van der Waals surface area contributed by atoms with Gasteiger partial charge >= 0.3 is 0 Å². The lowest BCUT2D eigenvalue weighted by Gasteiger charge is -2.38. The molecule has 11 heteroatoms. The fourth-order valence-corrected chi connectivity index (χ4v) is 6.26. The summed E-state index contributed by atoms with van der Waals surface area (Å²) >= 11 is 0. The molecule has 0 atom stereocenters. The number of nitrogens with two attached hydrogens (primary N) is 1. The predicted molar refractivity (Wildman–Crippen MR) is 186 cm³/mol. The number of carbonyl (C=O) groups is 3. The number of carbonyl (C=O) groups excluding carboxylic acids is 3. The number of primary amides is 1. The minimum absolute atomic E-state index is 0.0271. The van der Waals surface area contributed by atoms with Gasteiger partial charge < -0.3 is 31.2 Å². The van der Waals surface area contributed by atoms with Crippen LogP contribution in [0.1, 0.15) is 67.3 Å². The zero-order valence-electron chi connectivity index (χ0n) is 27.5. The molecule has 11 nitrogen and oxygen atoms in total. The molecule has 1 saturated heterocycles. The number of H-pyrrole nitrogens is 2. The van der Waals surface area contributed by atoms with Gasteiger partial charge in [-0.1, -0.05) is 30.3 Å². The Morgan fingerprint density at radius 1 is 0.958 bits per heavy atom. The Bertz CT molecular complexity index is 2110. The molecular formula is C37H39N7O4. The van der Waals surface area contributed by atoms with E-state index in [9.17, 15) is 19.2 Å². The smallest absolute Gasteiger partial charge is 0.253 e. The summed E-state index contributed by atoms with van der Waals surface area (Å²) in [4.78, 5) is 63.3. The number of fused-ring (bicyclic) bond motifs is 1. The Morgan fingerprint density at radius 2 is 1.71 bits per heavy atom. The molecule has 3 heterocycles. The van der Waals surface area contributed by atoms with Crippen molar-refractivity contribution in [3.05, 3.63) is 116 Å². The topological polar surface area (TPSA) is 166 Å². The van der Waals surface area contributed by atoms with Crippen LogP contribution in [0.4, 0.5) is 5.69 Å². The van der Waals surface area contributed by atoms with Crippen LogP contribution >= 0.6 is 0 Å². The molecule has 1 aliphatic rings. The first-order valence-electron chi connectivity index (χ1n) is 16.0. The van der Waals surface area contributed by atoms with Gasteiger partial charge in [-0.2, -0.15) is 0 Å². The summed E-state index contributed by atoms with van der Waals surface area (Å²) in [6, 6.07) is 18.9. The van der Waals surface area contributed by atoms with Crippen LogP contribution in [-0.2, 0) is 17.8 Å². The number of aromatic amines is 2. The number of aromatic nitrogens is 3. The SMILES string of the molecule is CCNc1cc(-c2ccc(CC(=O)N3CC(c4nc5c(C(N)=O)cccc5[nH]4)C3)cc2)cc(C(=O)NCc2c(C)cc(C)[nH]c2=O)c1C. The first-order chi connectivity index (χ1) is 23.0. The number of imidazole rings is 1. The maximum Gasteiger partial charge on any atom is 0.253 e. The fourth-order valence-electron chi connectivity index (χ4n) is 6.26. The van der Waals surface area contributed by atoms with Crippen molar-refractivity contribution in [1.82, 2.24) is 25.2 Å². The molecular weight excluding hydrogens is 606 g/mol. The van der Waals surface area contributed by atoms with Gasteiger partial charge in [-0.3, -0.25) is 19.2 Å². The number of aryl methyl sites for hydroxylation is 2. The molecule has 3 aromatic carbocycles. The molecule has 0 radical (unpaired) electrons. The van der Waals surface area contributed by atoms with Crippen molar-refractivity contribution < 1.29 is 14.4 Å². The molecule has 0 aliphatic carbocycles. The van der Waals surface area contributed by atoms with Crippen LogP contribution in [0.25, 0.3) is 22.2 Å². The van der Waals surface area contributed by atoms with E-state index in [-0.39, 0.29) is 36.3 Å². The summed E-state index contributed by atoms with van der Waals surface area (Å²) in [5.41, 5.74) is 14.0. The predicted octanol–water partition coefficient (Wildman–Crippen LogP) is 4.47. The number of hydrogen-bond donors (Lipinski definition) is 5. The Kier molecular flexibility index (Phi) is 8.86. The molecule has 5 aromatic rings. The van der Waals surface area contributed by atoms with E-state index in [0.29, 0.717) is 41.8 Å². The highest BCUT2D eigenvalue weighted by Gasteiger charge is 2.34. The van der Waals surface area contributed by atoms with Gasteiger partial charge in [-0.05, 0) is 85.8 Å². The molecule has 0 saturated carbocycles. The Morgan fingerprint density at radius 3 is 2.40 bits per heavy atom. The van der Waals surface area contributed by atoms with E-state index in [0.717, 1.165) is 50.5 Å². The Balaban J connectivity index is 1.12. The molecule has 0 unspecified atom stereocenters. The summed E-state index contributed by atoms with van der Waals surface area (Å²) in [6.45, 7) is 9.49. The highest BCUT2D eigenvalue weighted by molar-refractivity contribution is 6.04. The highest BCUT2D eigenvalue weighted by Crippen LogP contribution is 2.31. The van der Waals surface area contributed by atoms with E-state index in [1.165, 1.54) is 0 Å². The fraction of sp³-hybridized carbons (Fsp3) is 0.270. The molecule has 1 fully saturated rings. The lowest BCUT2D eigenvalue weighted by atomic mass is 9.95. The first-order valence-corrected chi connectivity index (χ1v) is 16.0. The second-order valence-corrected chi connectivity index (χ2v) is 12.4. The lowest BCUT2D eigenvalue weighted by Crippen LogP contribution is -2.49. The minimum atomic E-state index is -0.524. The summed E-state index contributed by atoms with van der Waals surface area (Å²) < 4.78 is 0. The zero-order chi connectivity index (χ0) is 34.1. The number of para-hydroxylation sites is 1. The van der Waals surface area contributed by atoms with Crippen molar-refractivity contribution >= 4 is 34.4 Å². The van der Waals surface area contributed by atoms with Crippen LogP contribution in [0.15, 0.2) is 65.5 Å². The quantitative estimate of drug-likeness (QED) is 0.150. The van der Waals surface area contributed by atoms with E-state index < -0.39 is 5.91 Å². The van der Waals surface area contributed by atoms with Crippen LogP contribution in [0.5, 0.6) is 0 Å². The summed E-state index contributed by atoms with van der Waals surface area (Å²) in [5, 5.41) is 6.29. The van der Waals surface area contributed by atoms with Gasteiger partial charge in [0.2, 0.25) is 5.91 Å². The van der Waals surface area contributed by atoms with Gasteiger partial charge in [0, 0.05) is 48.7 Å². The molecule has 2 aromatic heterocycles. The van der Waals surface area contributed by atoms with E-state index in [1.54, 1.807) is 17.0 Å². The van der Waals surface area contributed by atoms with Gasteiger partial charge in [0.1, 0.15) is 11.3 Å². The Labute approximate surface area is 278 Å². The van der Waals surface area contributed by atoms with Crippen LogP contribution < -0.4 is 21.9 Å². The van der Waals surface area contributed by atoms with Crippen molar-refractivity contribution in [1.29, 1.82) is 0 Å². The molecule has 0 spiro atoms. The zero-order valence-corrected chi connectivity index (χ0v) is 27.5. The van der Waals surface area contributed by atoms with E-state index in [2.05, 4.69) is 25.6 Å². The van der Waals surface area contributed by atoms with E-state index >= 15 is 0 Å². The van der Waals surface area contributed by atoms with Crippen molar-refractivity contribution in [2.24, 2.45) is 5.73 Å².